The smallest absolute Gasteiger partial charge is 0.223 e. The van der Waals surface area contributed by atoms with E-state index in [0.717, 1.165) is 50.1 Å². The number of benzene rings is 4. The van der Waals surface area contributed by atoms with Crippen LogP contribution in [-0.4, -0.2) is 26.8 Å². The monoisotopic (exact) mass is 646 g/mol. The molecule has 0 fully saturated rings. The summed E-state index contributed by atoms with van der Waals surface area (Å²) in [7, 11) is -7.97. The van der Waals surface area contributed by atoms with Crippen molar-refractivity contribution in [2.45, 2.75) is 32.2 Å². The molecular formula is C36H23ClN2O4S2. The molecule has 0 N–H and O–H groups in total. The largest absolute Gasteiger partial charge is 0.244 e. The first kappa shape index (κ1) is 27.9. The van der Waals surface area contributed by atoms with Crippen LogP contribution in [-0.2, 0) is 25.1 Å². The lowest BCUT2D eigenvalue weighted by Gasteiger charge is -2.31. The van der Waals surface area contributed by atoms with E-state index in [9.17, 15) is 16.8 Å². The Morgan fingerprint density at radius 3 is 1.47 bits per heavy atom. The summed E-state index contributed by atoms with van der Waals surface area (Å²) in [5.41, 5.74) is 7.00. The molecule has 2 heterocycles. The van der Waals surface area contributed by atoms with Crippen molar-refractivity contribution in [1.29, 1.82) is 0 Å². The van der Waals surface area contributed by atoms with Gasteiger partial charge in [-0.1, -0.05) is 78.3 Å². The highest BCUT2D eigenvalue weighted by molar-refractivity contribution is 7.91. The SMILES string of the molecule is Cc1ccc(S(=O)(=O)c2ccc3c(c2)C2(c4ccccc4-c4ccccc42)c2cc(S(=O)(=O)c4ccc(Cl)cn4)ccc2-3)nc1. The fourth-order valence-corrected chi connectivity index (χ4v) is 9.32. The third-order valence-electron chi connectivity index (χ3n) is 8.79. The average molecular weight is 647 g/mol. The van der Waals surface area contributed by atoms with Gasteiger partial charge in [-0.2, -0.15) is 0 Å². The van der Waals surface area contributed by atoms with Crippen molar-refractivity contribution in [1.82, 2.24) is 9.97 Å². The highest BCUT2D eigenvalue weighted by Gasteiger charge is 2.52. The normalized spacial score (nSPS) is 14.1. The number of aromatic nitrogens is 2. The van der Waals surface area contributed by atoms with Crippen molar-refractivity contribution < 1.29 is 16.8 Å². The molecular weight excluding hydrogens is 624 g/mol. The molecule has 0 aliphatic heterocycles. The summed E-state index contributed by atoms with van der Waals surface area (Å²) in [6, 6.07) is 32.5. The Morgan fingerprint density at radius 1 is 0.533 bits per heavy atom. The fraction of sp³-hybridized carbons (Fsp3) is 0.0556. The summed E-state index contributed by atoms with van der Waals surface area (Å²) >= 11 is 6.00. The lowest BCUT2D eigenvalue weighted by atomic mass is 9.70. The first-order chi connectivity index (χ1) is 21.6. The molecule has 6 nitrogen and oxygen atoms in total. The number of nitrogens with zero attached hydrogens (tertiary/aromatic N) is 2. The van der Waals surface area contributed by atoms with E-state index < -0.39 is 25.1 Å². The summed E-state index contributed by atoms with van der Waals surface area (Å²) in [5.74, 6) is 0. The van der Waals surface area contributed by atoms with Gasteiger partial charge in [0, 0.05) is 12.4 Å². The predicted molar refractivity (Wildman–Crippen MR) is 172 cm³/mol. The van der Waals surface area contributed by atoms with Gasteiger partial charge >= 0.3 is 0 Å². The maximum atomic E-state index is 13.9. The second-order valence-corrected chi connectivity index (χ2v) is 15.5. The molecule has 6 aromatic rings. The molecule has 8 rings (SSSR count). The predicted octanol–water partition coefficient (Wildman–Crippen LogP) is 7.45. The summed E-state index contributed by atoms with van der Waals surface area (Å²) in [5, 5.41) is 0.194. The zero-order chi connectivity index (χ0) is 31.1. The number of pyridine rings is 2. The van der Waals surface area contributed by atoms with Crippen LogP contribution in [0.25, 0.3) is 22.3 Å². The van der Waals surface area contributed by atoms with Crippen LogP contribution in [0.5, 0.6) is 0 Å². The Balaban J connectivity index is 1.43. The molecule has 220 valence electrons. The first-order valence-corrected chi connectivity index (χ1v) is 17.5. The number of fused-ring (bicyclic) bond motifs is 10. The third-order valence-corrected chi connectivity index (χ3v) is 12.3. The van der Waals surface area contributed by atoms with Gasteiger partial charge in [-0.05, 0) is 99.5 Å². The van der Waals surface area contributed by atoms with Crippen LogP contribution in [0.1, 0.15) is 27.8 Å². The van der Waals surface area contributed by atoms with E-state index in [0.29, 0.717) is 5.02 Å². The van der Waals surface area contributed by atoms with Crippen molar-refractivity contribution >= 4 is 31.3 Å². The average Bonchev–Trinajstić information content (AvgIpc) is 3.52. The van der Waals surface area contributed by atoms with Gasteiger partial charge in [0.2, 0.25) is 19.7 Å². The second-order valence-electron chi connectivity index (χ2n) is 11.3. The molecule has 0 atom stereocenters. The molecule has 4 aromatic carbocycles. The van der Waals surface area contributed by atoms with Crippen molar-refractivity contribution in [2.24, 2.45) is 0 Å². The minimum absolute atomic E-state index is 0.0336. The van der Waals surface area contributed by atoms with E-state index in [-0.39, 0.29) is 19.8 Å². The number of rotatable bonds is 4. The van der Waals surface area contributed by atoms with E-state index in [1.54, 1.807) is 36.5 Å². The highest BCUT2D eigenvalue weighted by Crippen LogP contribution is 2.63. The van der Waals surface area contributed by atoms with Crippen molar-refractivity contribution in [3.8, 4) is 22.3 Å². The minimum atomic E-state index is -4.01. The Bertz CT molecular complexity index is 2250. The lowest BCUT2D eigenvalue weighted by Crippen LogP contribution is -2.26. The quantitative estimate of drug-likeness (QED) is 0.197. The molecule has 9 heteroatoms. The zero-order valence-electron chi connectivity index (χ0n) is 23.8. The zero-order valence-corrected chi connectivity index (χ0v) is 26.2. The van der Waals surface area contributed by atoms with Gasteiger partial charge in [-0.25, -0.2) is 26.8 Å². The topological polar surface area (TPSA) is 94.1 Å². The molecule has 2 aliphatic carbocycles. The van der Waals surface area contributed by atoms with E-state index >= 15 is 0 Å². The van der Waals surface area contributed by atoms with Gasteiger partial charge in [-0.3, -0.25) is 0 Å². The second kappa shape index (κ2) is 9.68. The number of hydrogen-bond acceptors (Lipinski definition) is 6. The van der Waals surface area contributed by atoms with Gasteiger partial charge in [0.15, 0.2) is 10.1 Å². The molecule has 0 saturated heterocycles. The maximum Gasteiger partial charge on any atom is 0.223 e. The molecule has 0 saturated carbocycles. The van der Waals surface area contributed by atoms with Crippen molar-refractivity contribution in [3.05, 3.63) is 154 Å². The summed E-state index contributed by atoms with van der Waals surface area (Å²) in [4.78, 5) is 8.53. The molecule has 45 heavy (non-hydrogen) atoms. The number of aryl methyl sites for hydroxylation is 1. The van der Waals surface area contributed by atoms with Gasteiger partial charge in [0.05, 0.1) is 20.2 Å². The molecule has 0 amide bonds. The molecule has 1 spiro atoms. The van der Waals surface area contributed by atoms with Crippen LogP contribution in [0.2, 0.25) is 5.02 Å². The van der Waals surface area contributed by atoms with Crippen LogP contribution in [0.15, 0.2) is 141 Å². The summed E-state index contributed by atoms with van der Waals surface area (Å²) in [6.07, 6.45) is 2.85. The number of hydrogen-bond donors (Lipinski definition) is 0. The Kier molecular flexibility index (Phi) is 6.00. The van der Waals surface area contributed by atoms with Gasteiger partial charge in [0.1, 0.15) is 0 Å². The Hall–Kier alpha value is -4.63. The molecule has 0 bridgehead atoms. The van der Waals surface area contributed by atoms with Crippen LogP contribution in [0.4, 0.5) is 0 Å². The number of sulfone groups is 2. The van der Waals surface area contributed by atoms with Gasteiger partial charge in [-0.15, -0.1) is 0 Å². The standard InChI is InChI=1S/C36H23ClN2O4S2/c1-22-10-16-34(38-20-22)44(40,41)24-12-14-28-29-15-13-25(45(42,43)35-17-11-23(37)21-39-35)19-33(29)36(32(28)18-24)30-8-4-2-6-26(30)27-7-3-5-9-31(27)36/h2-21H,1H3. The van der Waals surface area contributed by atoms with E-state index in [2.05, 4.69) is 22.1 Å². The molecule has 0 radical (unpaired) electrons. The van der Waals surface area contributed by atoms with Crippen molar-refractivity contribution in [2.75, 3.05) is 0 Å². The van der Waals surface area contributed by atoms with Crippen LogP contribution < -0.4 is 0 Å². The van der Waals surface area contributed by atoms with E-state index in [4.69, 9.17) is 11.6 Å². The minimum Gasteiger partial charge on any atom is -0.244 e. The Labute approximate surface area is 265 Å². The van der Waals surface area contributed by atoms with Gasteiger partial charge in [0.25, 0.3) is 0 Å². The molecule has 0 unspecified atom stereocenters. The van der Waals surface area contributed by atoms with Gasteiger partial charge < -0.3 is 0 Å². The van der Waals surface area contributed by atoms with Crippen LogP contribution in [0, 0.1) is 6.92 Å². The van der Waals surface area contributed by atoms with Crippen LogP contribution >= 0.6 is 11.6 Å². The fourth-order valence-electron chi connectivity index (χ4n) is 6.81. The Morgan fingerprint density at radius 2 is 1.00 bits per heavy atom. The third kappa shape index (κ3) is 3.86. The maximum absolute atomic E-state index is 13.9. The summed E-state index contributed by atoms with van der Waals surface area (Å²) < 4.78 is 55.6. The molecule has 2 aromatic heterocycles. The number of halogens is 1. The van der Waals surface area contributed by atoms with Crippen molar-refractivity contribution in [3.63, 3.8) is 0 Å². The lowest BCUT2D eigenvalue weighted by molar-refractivity contribution is 0.590. The van der Waals surface area contributed by atoms with Crippen LogP contribution in [0.3, 0.4) is 0 Å². The summed E-state index contributed by atoms with van der Waals surface area (Å²) in [6.45, 7) is 1.85. The highest BCUT2D eigenvalue weighted by atomic mass is 35.5. The van der Waals surface area contributed by atoms with E-state index in [1.807, 2.05) is 55.5 Å². The first-order valence-electron chi connectivity index (χ1n) is 14.2. The molecule has 2 aliphatic rings. The van der Waals surface area contributed by atoms with E-state index in [1.165, 1.54) is 24.4 Å².